The number of carbonyl (C=O) groups excluding carboxylic acids is 1. The van der Waals surface area contributed by atoms with Gasteiger partial charge in [-0.25, -0.2) is 4.79 Å². The van der Waals surface area contributed by atoms with E-state index in [4.69, 9.17) is 5.73 Å². The normalized spacial score (nSPS) is 16.2. The molecule has 0 aliphatic heterocycles. The molecule has 0 heterocycles. The van der Waals surface area contributed by atoms with Gasteiger partial charge in [-0.15, -0.1) is 0 Å². The van der Waals surface area contributed by atoms with Crippen molar-refractivity contribution in [3.05, 3.63) is 29.8 Å². The quantitative estimate of drug-likeness (QED) is 0.859. The average Bonchev–Trinajstić information content (AvgIpc) is 3.13. The van der Waals surface area contributed by atoms with Crippen LogP contribution in [0.25, 0.3) is 0 Å². The van der Waals surface area contributed by atoms with E-state index < -0.39 is 0 Å². The molecule has 18 heavy (non-hydrogen) atoms. The molecule has 1 unspecified atom stereocenters. The maximum absolute atomic E-state index is 11.9. The van der Waals surface area contributed by atoms with Crippen molar-refractivity contribution in [2.24, 2.45) is 11.7 Å². The topological polar surface area (TPSA) is 58.4 Å². The summed E-state index contributed by atoms with van der Waals surface area (Å²) in [6, 6.07) is 7.61. The van der Waals surface area contributed by atoms with Crippen LogP contribution in [0.15, 0.2) is 24.3 Å². The molecule has 1 fully saturated rings. The Bertz CT molecular complexity index is 427. The third-order valence-corrected chi connectivity index (χ3v) is 3.24. The Labute approximate surface area is 108 Å². The van der Waals surface area contributed by atoms with E-state index >= 15 is 0 Å². The second kappa shape index (κ2) is 5.40. The Balaban J connectivity index is 1.94. The summed E-state index contributed by atoms with van der Waals surface area (Å²) in [5.74, 6) is 0.705. The Morgan fingerprint density at radius 3 is 2.89 bits per heavy atom. The molecule has 4 heteroatoms. The van der Waals surface area contributed by atoms with Gasteiger partial charge in [-0.1, -0.05) is 12.1 Å². The van der Waals surface area contributed by atoms with E-state index in [2.05, 4.69) is 5.32 Å². The Morgan fingerprint density at radius 1 is 1.56 bits per heavy atom. The third kappa shape index (κ3) is 3.47. The second-order valence-corrected chi connectivity index (χ2v) is 5.17. The smallest absolute Gasteiger partial charge is 0.321 e. The lowest BCUT2D eigenvalue weighted by molar-refractivity contribution is 0.220. The van der Waals surface area contributed by atoms with Crippen LogP contribution in [-0.2, 0) is 0 Å². The molecule has 0 aromatic heterocycles. The molecule has 1 aliphatic rings. The zero-order chi connectivity index (χ0) is 13.1. The summed E-state index contributed by atoms with van der Waals surface area (Å²) in [6.07, 6.45) is 2.50. The van der Waals surface area contributed by atoms with Gasteiger partial charge >= 0.3 is 6.03 Å². The largest absolute Gasteiger partial charge is 0.327 e. The molecule has 2 rings (SSSR count). The van der Waals surface area contributed by atoms with Crippen LogP contribution >= 0.6 is 0 Å². The SMILES string of the molecule is CC(N)c1cccc(NC(=O)N(C)CC2CC2)c1. The molecular weight excluding hydrogens is 226 g/mol. The predicted molar refractivity (Wildman–Crippen MR) is 73.4 cm³/mol. The zero-order valence-corrected chi connectivity index (χ0v) is 11.0. The van der Waals surface area contributed by atoms with Crippen molar-refractivity contribution in [1.29, 1.82) is 0 Å². The van der Waals surface area contributed by atoms with Gasteiger partial charge in [0.05, 0.1) is 0 Å². The minimum Gasteiger partial charge on any atom is -0.327 e. The van der Waals surface area contributed by atoms with Gasteiger partial charge in [-0.2, -0.15) is 0 Å². The maximum Gasteiger partial charge on any atom is 0.321 e. The number of benzene rings is 1. The Kier molecular flexibility index (Phi) is 3.87. The number of hydrogen-bond donors (Lipinski definition) is 2. The molecule has 1 atom stereocenters. The highest BCUT2D eigenvalue weighted by Crippen LogP contribution is 2.29. The summed E-state index contributed by atoms with van der Waals surface area (Å²) in [7, 11) is 1.84. The number of urea groups is 1. The summed E-state index contributed by atoms with van der Waals surface area (Å²) in [4.78, 5) is 13.7. The summed E-state index contributed by atoms with van der Waals surface area (Å²) in [6.45, 7) is 2.78. The second-order valence-electron chi connectivity index (χ2n) is 5.17. The summed E-state index contributed by atoms with van der Waals surface area (Å²) in [5, 5.41) is 2.90. The highest BCUT2D eigenvalue weighted by atomic mass is 16.2. The van der Waals surface area contributed by atoms with Crippen LogP contribution in [0.1, 0.15) is 31.4 Å². The molecule has 1 aromatic carbocycles. The Hall–Kier alpha value is -1.55. The van der Waals surface area contributed by atoms with Crippen molar-refractivity contribution in [3.8, 4) is 0 Å². The number of nitrogens with zero attached hydrogens (tertiary/aromatic N) is 1. The van der Waals surface area contributed by atoms with Crippen LogP contribution < -0.4 is 11.1 Å². The van der Waals surface area contributed by atoms with E-state index in [1.807, 2.05) is 38.2 Å². The summed E-state index contributed by atoms with van der Waals surface area (Å²) >= 11 is 0. The first-order chi connectivity index (χ1) is 8.56. The zero-order valence-electron chi connectivity index (χ0n) is 11.0. The molecule has 2 amide bonds. The standard InChI is InChI=1S/C14H21N3O/c1-10(15)12-4-3-5-13(8-12)16-14(18)17(2)9-11-6-7-11/h3-5,8,10-11H,6-7,9,15H2,1-2H3,(H,16,18). The summed E-state index contributed by atoms with van der Waals surface area (Å²) in [5.41, 5.74) is 7.65. The maximum atomic E-state index is 11.9. The molecule has 0 spiro atoms. The van der Waals surface area contributed by atoms with E-state index in [9.17, 15) is 4.79 Å². The van der Waals surface area contributed by atoms with Crippen molar-refractivity contribution in [2.75, 3.05) is 18.9 Å². The van der Waals surface area contributed by atoms with Crippen LogP contribution in [0, 0.1) is 5.92 Å². The fraction of sp³-hybridized carbons (Fsp3) is 0.500. The number of nitrogens with one attached hydrogen (secondary N) is 1. The lowest BCUT2D eigenvalue weighted by atomic mass is 10.1. The minimum atomic E-state index is -0.0521. The predicted octanol–water partition coefficient (Wildman–Crippen LogP) is 2.58. The summed E-state index contributed by atoms with van der Waals surface area (Å²) < 4.78 is 0. The third-order valence-electron chi connectivity index (χ3n) is 3.24. The molecule has 0 bridgehead atoms. The van der Waals surface area contributed by atoms with E-state index in [0.717, 1.165) is 17.8 Å². The molecular formula is C14H21N3O. The first-order valence-electron chi connectivity index (χ1n) is 6.44. The molecule has 1 saturated carbocycles. The molecule has 4 nitrogen and oxygen atoms in total. The van der Waals surface area contributed by atoms with Crippen molar-refractivity contribution < 1.29 is 4.79 Å². The number of amides is 2. The molecule has 0 radical (unpaired) electrons. The molecule has 98 valence electrons. The highest BCUT2D eigenvalue weighted by Gasteiger charge is 2.24. The van der Waals surface area contributed by atoms with Crippen LogP contribution in [0.3, 0.4) is 0 Å². The fourth-order valence-corrected chi connectivity index (χ4v) is 1.89. The number of rotatable bonds is 4. The lowest BCUT2D eigenvalue weighted by Gasteiger charge is -2.18. The number of anilines is 1. The van der Waals surface area contributed by atoms with Gasteiger partial charge in [0, 0.05) is 25.3 Å². The monoisotopic (exact) mass is 247 g/mol. The van der Waals surface area contributed by atoms with Crippen molar-refractivity contribution in [1.82, 2.24) is 4.90 Å². The van der Waals surface area contributed by atoms with Gasteiger partial charge < -0.3 is 16.0 Å². The Morgan fingerprint density at radius 2 is 2.28 bits per heavy atom. The van der Waals surface area contributed by atoms with Crippen molar-refractivity contribution in [2.45, 2.75) is 25.8 Å². The highest BCUT2D eigenvalue weighted by molar-refractivity contribution is 5.89. The van der Waals surface area contributed by atoms with Gasteiger partial charge in [-0.3, -0.25) is 0 Å². The number of hydrogen-bond acceptors (Lipinski definition) is 2. The van der Waals surface area contributed by atoms with E-state index in [1.165, 1.54) is 12.8 Å². The first kappa shape index (κ1) is 12.9. The van der Waals surface area contributed by atoms with Crippen LogP contribution in [0.4, 0.5) is 10.5 Å². The average molecular weight is 247 g/mol. The molecule has 1 aromatic rings. The lowest BCUT2D eigenvalue weighted by Crippen LogP contribution is -2.32. The van der Waals surface area contributed by atoms with Crippen LogP contribution in [0.5, 0.6) is 0 Å². The first-order valence-corrected chi connectivity index (χ1v) is 6.44. The van der Waals surface area contributed by atoms with Gasteiger partial charge in [0.1, 0.15) is 0 Å². The molecule has 3 N–H and O–H groups in total. The number of nitrogens with two attached hydrogens (primary N) is 1. The fourth-order valence-electron chi connectivity index (χ4n) is 1.89. The van der Waals surface area contributed by atoms with Gasteiger partial charge in [0.25, 0.3) is 0 Å². The van der Waals surface area contributed by atoms with Crippen molar-refractivity contribution >= 4 is 11.7 Å². The van der Waals surface area contributed by atoms with E-state index in [0.29, 0.717) is 5.92 Å². The van der Waals surface area contributed by atoms with Gasteiger partial charge in [-0.05, 0) is 43.4 Å². The van der Waals surface area contributed by atoms with Crippen LogP contribution in [-0.4, -0.2) is 24.5 Å². The van der Waals surface area contributed by atoms with Crippen molar-refractivity contribution in [3.63, 3.8) is 0 Å². The van der Waals surface area contributed by atoms with Crippen LogP contribution in [0.2, 0.25) is 0 Å². The van der Waals surface area contributed by atoms with Gasteiger partial charge in [0.15, 0.2) is 0 Å². The van der Waals surface area contributed by atoms with Gasteiger partial charge in [0.2, 0.25) is 0 Å². The van der Waals surface area contributed by atoms with E-state index in [-0.39, 0.29) is 12.1 Å². The number of carbonyl (C=O) groups is 1. The van der Waals surface area contributed by atoms with E-state index in [1.54, 1.807) is 4.90 Å². The minimum absolute atomic E-state index is 0.0222. The molecule has 1 aliphatic carbocycles. The molecule has 0 saturated heterocycles.